The Morgan fingerprint density at radius 1 is 1.06 bits per heavy atom. The van der Waals surface area contributed by atoms with Crippen LogP contribution in [0.3, 0.4) is 0 Å². The molecule has 0 radical (unpaired) electrons. The fourth-order valence-electron chi connectivity index (χ4n) is 4.10. The van der Waals surface area contributed by atoms with Crippen molar-refractivity contribution >= 4 is 33.3 Å². The second-order valence-electron chi connectivity index (χ2n) is 7.98. The molecular weight excluding hydrogens is 438 g/mol. The Labute approximate surface area is 194 Å². The van der Waals surface area contributed by atoms with Gasteiger partial charge in [0.05, 0.1) is 23.6 Å². The van der Waals surface area contributed by atoms with Crippen LogP contribution >= 0.6 is 11.3 Å². The van der Waals surface area contributed by atoms with Crippen LogP contribution in [0.5, 0.6) is 5.75 Å². The molecule has 0 bridgehead atoms. The molecule has 0 N–H and O–H groups in total. The lowest BCUT2D eigenvalue weighted by Gasteiger charge is -2.22. The molecule has 1 aliphatic rings. The topological polar surface area (TPSA) is 85.5 Å². The molecule has 0 saturated carbocycles. The lowest BCUT2D eigenvalue weighted by atomic mass is 9.98. The van der Waals surface area contributed by atoms with Gasteiger partial charge in [0.1, 0.15) is 16.3 Å². The van der Waals surface area contributed by atoms with E-state index in [2.05, 4.69) is 17.1 Å². The zero-order chi connectivity index (χ0) is 22.9. The minimum absolute atomic E-state index is 0.0523. The molecule has 168 valence electrons. The third kappa shape index (κ3) is 3.80. The van der Waals surface area contributed by atoms with E-state index in [1.54, 1.807) is 24.3 Å². The summed E-state index contributed by atoms with van der Waals surface area (Å²) >= 11 is 1.30. The van der Waals surface area contributed by atoms with E-state index in [0.29, 0.717) is 28.3 Å². The summed E-state index contributed by atoms with van der Waals surface area (Å²) in [5, 5.41) is 9.86. The summed E-state index contributed by atoms with van der Waals surface area (Å²) in [6.45, 7) is 4.64. The van der Waals surface area contributed by atoms with E-state index in [-0.39, 0.29) is 11.2 Å². The molecule has 0 fully saturated rings. The number of aryl methyl sites for hydroxylation is 1. The largest absolute Gasteiger partial charge is 0.494 e. The van der Waals surface area contributed by atoms with Gasteiger partial charge in [0, 0.05) is 0 Å². The molecule has 0 aliphatic carbocycles. The smallest absolute Gasteiger partial charge is 0.297 e. The zero-order valence-electron chi connectivity index (χ0n) is 18.4. The number of hydrogen-bond donors (Lipinski definition) is 0. The molecule has 0 unspecified atom stereocenters. The van der Waals surface area contributed by atoms with E-state index >= 15 is 0 Å². The highest BCUT2D eigenvalue weighted by molar-refractivity contribution is 7.15. The van der Waals surface area contributed by atoms with Gasteiger partial charge >= 0.3 is 0 Å². The van der Waals surface area contributed by atoms with Gasteiger partial charge in [-0.25, -0.2) is 0 Å². The normalized spacial score (nSPS) is 15.3. The van der Waals surface area contributed by atoms with Crippen molar-refractivity contribution in [2.45, 2.75) is 39.2 Å². The highest BCUT2D eigenvalue weighted by Crippen LogP contribution is 2.42. The summed E-state index contributed by atoms with van der Waals surface area (Å²) in [6.07, 6.45) is 3.26. The van der Waals surface area contributed by atoms with Crippen molar-refractivity contribution in [3.8, 4) is 5.75 Å². The third-order valence-electron chi connectivity index (χ3n) is 5.71. The van der Waals surface area contributed by atoms with Gasteiger partial charge in [0.15, 0.2) is 5.43 Å². The summed E-state index contributed by atoms with van der Waals surface area (Å²) in [4.78, 5) is 28.5. The molecule has 8 heteroatoms. The Hall–Kier alpha value is -3.52. The van der Waals surface area contributed by atoms with Crippen LogP contribution < -0.4 is 15.1 Å². The number of nitrogens with zero attached hydrogens (tertiary/aromatic N) is 3. The minimum atomic E-state index is -0.658. The van der Waals surface area contributed by atoms with Crippen LogP contribution in [0.2, 0.25) is 0 Å². The van der Waals surface area contributed by atoms with Crippen LogP contribution in [0.4, 0.5) is 5.13 Å². The number of carbonyl (C=O) groups is 1. The molecule has 5 rings (SSSR count). The predicted molar refractivity (Wildman–Crippen MR) is 127 cm³/mol. The van der Waals surface area contributed by atoms with Crippen molar-refractivity contribution in [2.75, 3.05) is 11.5 Å². The highest BCUT2D eigenvalue weighted by atomic mass is 32.1. The average molecular weight is 462 g/mol. The second-order valence-corrected chi connectivity index (χ2v) is 9.14. The van der Waals surface area contributed by atoms with E-state index in [4.69, 9.17) is 9.15 Å². The first-order valence-electron chi connectivity index (χ1n) is 11.0. The van der Waals surface area contributed by atoms with Crippen LogP contribution in [0, 0.1) is 6.92 Å². The van der Waals surface area contributed by atoms with Crippen molar-refractivity contribution in [2.24, 2.45) is 0 Å². The summed E-state index contributed by atoms with van der Waals surface area (Å²) in [6, 6.07) is 13.8. The molecule has 1 aliphatic heterocycles. The van der Waals surface area contributed by atoms with Crippen LogP contribution in [-0.2, 0) is 0 Å². The molecule has 7 nitrogen and oxygen atoms in total. The third-order valence-corrected chi connectivity index (χ3v) is 6.55. The number of aromatic nitrogens is 2. The van der Waals surface area contributed by atoms with E-state index in [0.717, 1.165) is 35.6 Å². The Morgan fingerprint density at radius 2 is 1.85 bits per heavy atom. The molecule has 2 aromatic carbocycles. The fraction of sp³-hybridized carbons (Fsp3) is 0.280. The number of rotatable bonds is 7. The minimum Gasteiger partial charge on any atom is -0.494 e. The molecular formula is C25H23N3O4S. The van der Waals surface area contributed by atoms with Crippen LogP contribution in [0.1, 0.15) is 58.9 Å². The molecule has 33 heavy (non-hydrogen) atoms. The molecule has 0 spiro atoms. The maximum absolute atomic E-state index is 13.5. The number of hydrogen-bond acceptors (Lipinski definition) is 7. The fourth-order valence-corrected chi connectivity index (χ4v) is 4.82. The number of fused-ring (bicyclic) bond motifs is 2. The van der Waals surface area contributed by atoms with E-state index in [1.807, 2.05) is 31.2 Å². The van der Waals surface area contributed by atoms with Gasteiger partial charge in [0.25, 0.3) is 5.91 Å². The van der Waals surface area contributed by atoms with Gasteiger partial charge in [0.2, 0.25) is 10.9 Å². The summed E-state index contributed by atoms with van der Waals surface area (Å²) in [5.41, 5.74) is 1.27. The van der Waals surface area contributed by atoms with Crippen molar-refractivity contribution in [3.63, 3.8) is 0 Å². The second kappa shape index (κ2) is 8.78. The van der Waals surface area contributed by atoms with Gasteiger partial charge in [-0.15, -0.1) is 10.2 Å². The SMILES string of the molecule is CCCCCOc1ccc([C@H]2c3c(oc4ccccc4c3=O)C(=O)N2c2nnc(C)s2)cc1. The van der Waals surface area contributed by atoms with Gasteiger partial charge < -0.3 is 9.15 Å². The van der Waals surface area contributed by atoms with Crippen LogP contribution in [-0.4, -0.2) is 22.7 Å². The molecule has 1 amide bonds. The van der Waals surface area contributed by atoms with E-state index < -0.39 is 11.9 Å². The number of unbranched alkanes of at least 4 members (excludes halogenated alkanes) is 2. The first kappa shape index (κ1) is 21.3. The number of ether oxygens (including phenoxy) is 1. The van der Waals surface area contributed by atoms with Crippen molar-refractivity contribution in [1.29, 1.82) is 0 Å². The summed E-state index contributed by atoms with van der Waals surface area (Å²) in [7, 11) is 0. The molecule has 0 saturated heterocycles. The van der Waals surface area contributed by atoms with Crippen molar-refractivity contribution in [1.82, 2.24) is 10.2 Å². The Balaban J connectivity index is 1.60. The van der Waals surface area contributed by atoms with Gasteiger partial charge in [-0.3, -0.25) is 14.5 Å². The van der Waals surface area contributed by atoms with Gasteiger partial charge in [-0.1, -0.05) is 55.4 Å². The molecule has 4 aromatic rings. The number of carbonyl (C=O) groups excluding carboxylic acids is 1. The average Bonchev–Trinajstić information content (AvgIpc) is 3.38. The number of amides is 1. The quantitative estimate of drug-likeness (QED) is 0.349. The maximum Gasteiger partial charge on any atom is 0.297 e. The highest BCUT2D eigenvalue weighted by Gasteiger charge is 2.45. The lowest BCUT2D eigenvalue weighted by Crippen LogP contribution is -2.29. The Bertz CT molecular complexity index is 1380. The molecule has 1 atom stereocenters. The monoisotopic (exact) mass is 461 g/mol. The van der Waals surface area contributed by atoms with Crippen LogP contribution in [0.15, 0.2) is 57.7 Å². The van der Waals surface area contributed by atoms with E-state index in [9.17, 15) is 9.59 Å². The first-order valence-corrected chi connectivity index (χ1v) is 11.8. The van der Waals surface area contributed by atoms with Gasteiger partial charge in [-0.2, -0.15) is 0 Å². The molecule has 3 heterocycles. The zero-order valence-corrected chi connectivity index (χ0v) is 19.2. The number of anilines is 1. The summed E-state index contributed by atoms with van der Waals surface area (Å²) < 4.78 is 11.8. The number of para-hydroxylation sites is 1. The Morgan fingerprint density at radius 3 is 2.58 bits per heavy atom. The van der Waals surface area contributed by atoms with Crippen LogP contribution in [0.25, 0.3) is 11.0 Å². The van der Waals surface area contributed by atoms with Gasteiger partial charge in [-0.05, 0) is 43.2 Å². The van der Waals surface area contributed by atoms with Crippen molar-refractivity contribution in [3.05, 3.63) is 80.6 Å². The number of benzene rings is 2. The summed E-state index contributed by atoms with van der Waals surface area (Å²) in [5.74, 6) is 0.411. The van der Waals surface area contributed by atoms with Crippen molar-refractivity contribution < 1.29 is 13.9 Å². The standard InChI is InChI=1S/C25H23N3O4S/c1-3-4-7-14-31-17-12-10-16(11-13-17)21-20-22(29)18-8-5-6-9-19(18)32-23(20)24(30)28(21)25-27-26-15(2)33-25/h5-6,8-13,21H,3-4,7,14H2,1-2H3/t21-/m0/s1. The first-order chi connectivity index (χ1) is 16.1. The predicted octanol–water partition coefficient (Wildman–Crippen LogP) is 5.27. The maximum atomic E-state index is 13.5. The molecule has 2 aromatic heterocycles. The Kier molecular flexibility index (Phi) is 5.68. The lowest BCUT2D eigenvalue weighted by molar-refractivity contribution is 0.0970. The van der Waals surface area contributed by atoms with E-state index in [1.165, 1.54) is 16.2 Å².